The molecule has 9 heteroatoms. The first-order valence-corrected chi connectivity index (χ1v) is 5.71. The largest absolute Gasteiger partial charge is 0.490 e. The number of benzene rings is 1. The van der Waals surface area contributed by atoms with Crippen molar-refractivity contribution in [3.63, 3.8) is 0 Å². The van der Waals surface area contributed by atoms with Crippen molar-refractivity contribution in [3.8, 4) is 5.75 Å². The standard InChI is InChI=1S/C11H10ClF2N5O/c1-20-9-10(16-4-17-11(9)19-15)18-8-6(12)2-5(13)3-7(8)14/h2-4H,15H2,1H3,(H2,16,17,18,19). The highest BCUT2D eigenvalue weighted by molar-refractivity contribution is 6.33. The predicted octanol–water partition coefficient (Wildman–Crippen LogP) is 2.45. The van der Waals surface area contributed by atoms with Crippen LogP contribution >= 0.6 is 11.6 Å². The first kappa shape index (κ1) is 14.2. The van der Waals surface area contributed by atoms with Crippen LogP contribution in [-0.2, 0) is 0 Å². The van der Waals surface area contributed by atoms with Gasteiger partial charge in [-0.25, -0.2) is 24.6 Å². The minimum atomic E-state index is -0.863. The molecule has 6 nitrogen and oxygen atoms in total. The second-order valence-corrected chi connectivity index (χ2v) is 4.03. The Morgan fingerprint density at radius 1 is 1.25 bits per heavy atom. The number of ether oxygens (including phenoxy) is 1. The van der Waals surface area contributed by atoms with Gasteiger partial charge in [0.05, 0.1) is 17.8 Å². The van der Waals surface area contributed by atoms with E-state index in [1.165, 1.54) is 13.4 Å². The molecule has 4 N–H and O–H groups in total. The summed E-state index contributed by atoms with van der Waals surface area (Å²) in [4.78, 5) is 7.73. The summed E-state index contributed by atoms with van der Waals surface area (Å²) in [5.41, 5.74) is 2.18. The maximum Gasteiger partial charge on any atom is 0.205 e. The number of halogens is 3. The lowest BCUT2D eigenvalue weighted by Gasteiger charge is -2.13. The topological polar surface area (TPSA) is 85.1 Å². The minimum absolute atomic E-state index is 0.128. The third kappa shape index (κ3) is 2.70. The van der Waals surface area contributed by atoms with Crippen LogP contribution in [0.1, 0.15) is 0 Å². The molecule has 0 aliphatic heterocycles. The van der Waals surface area contributed by atoms with E-state index in [0.29, 0.717) is 6.07 Å². The molecule has 2 aromatic rings. The van der Waals surface area contributed by atoms with Crippen LogP contribution in [0.15, 0.2) is 18.5 Å². The molecule has 1 aromatic carbocycles. The maximum absolute atomic E-state index is 13.7. The number of nitrogens with two attached hydrogens (primary N) is 1. The molecule has 0 atom stereocenters. The fraction of sp³-hybridized carbons (Fsp3) is 0.0909. The first-order valence-electron chi connectivity index (χ1n) is 5.34. The Balaban J connectivity index is 2.45. The van der Waals surface area contributed by atoms with Gasteiger partial charge in [0.15, 0.2) is 17.5 Å². The van der Waals surface area contributed by atoms with E-state index in [1.807, 2.05) is 0 Å². The Morgan fingerprint density at radius 2 is 1.95 bits per heavy atom. The molecule has 0 spiro atoms. The number of rotatable bonds is 4. The smallest absolute Gasteiger partial charge is 0.205 e. The summed E-state index contributed by atoms with van der Waals surface area (Å²) in [6.45, 7) is 0. The monoisotopic (exact) mass is 301 g/mol. The van der Waals surface area contributed by atoms with Crippen molar-refractivity contribution in [3.05, 3.63) is 35.1 Å². The summed E-state index contributed by atoms with van der Waals surface area (Å²) in [6, 6.07) is 1.67. The highest BCUT2D eigenvalue weighted by atomic mass is 35.5. The zero-order valence-corrected chi connectivity index (χ0v) is 11.0. The van der Waals surface area contributed by atoms with Gasteiger partial charge in [0, 0.05) is 6.07 Å². The number of aromatic nitrogens is 2. The molecule has 1 heterocycles. The van der Waals surface area contributed by atoms with E-state index in [4.69, 9.17) is 22.2 Å². The van der Waals surface area contributed by atoms with Crippen molar-refractivity contribution in [1.29, 1.82) is 0 Å². The summed E-state index contributed by atoms with van der Waals surface area (Å²) < 4.78 is 31.8. The number of methoxy groups -OCH3 is 1. The summed E-state index contributed by atoms with van der Waals surface area (Å²) in [6.07, 6.45) is 1.19. The highest BCUT2D eigenvalue weighted by Crippen LogP contribution is 2.34. The summed E-state index contributed by atoms with van der Waals surface area (Å²) >= 11 is 5.79. The van der Waals surface area contributed by atoms with Crippen molar-refractivity contribution in [1.82, 2.24) is 9.97 Å². The number of hydrazine groups is 1. The Labute approximate surface area is 117 Å². The summed E-state index contributed by atoms with van der Waals surface area (Å²) in [5.74, 6) is 4.11. The fourth-order valence-electron chi connectivity index (χ4n) is 1.54. The van der Waals surface area contributed by atoms with Gasteiger partial charge >= 0.3 is 0 Å². The molecule has 0 aliphatic rings. The molecular weight excluding hydrogens is 292 g/mol. The predicted molar refractivity (Wildman–Crippen MR) is 71.0 cm³/mol. The molecule has 1 aromatic heterocycles. The second-order valence-electron chi connectivity index (χ2n) is 3.62. The number of hydrogen-bond acceptors (Lipinski definition) is 6. The van der Waals surface area contributed by atoms with Gasteiger partial charge in [-0.1, -0.05) is 11.6 Å². The average molecular weight is 302 g/mol. The zero-order chi connectivity index (χ0) is 14.7. The van der Waals surface area contributed by atoms with E-state index in [9.17, 15) is 8.78 Å². The molecule has 20 heavy (non-hydrogen) atoms. The second kappa shape index (κ2) is 5.85. The summed E-state index contributed by atoms with van der Waals surface area (Å²) in [5, 5.41) is 2.48. The molecule has 0 saturated heterocycles. The van der Waals surface area contributed by atoms with Crippen LogP contribution in [0, 0.1) is 11.6 Å². The van der Waals surface area contributed by atoms with Crippen molar-refractivity contribution in [2.75, 3.05) is 17.9 Å². The van der Waals surface area contributed by atoms with E-state index in [1.54, 1.807) is 0 Å². The maximum atomic E-state index is 13.7. The van der Waals surface area contributed by atoms with Gasteiger partial charge in [-0.2, -0.15) is 0 Å². The van der Waals surface area contributed by atoms with E-state index in [0.717, 1.165) is 6.07 Å². The van der Waals surface area contributed by atoms with Gasteiger partial charge in [0.25, 0.3) is 0 Å². The van der Waals surface area contributed by atoms with E-state index in [2.05, 4.69) is 20.7 Å². The fourth-order valence-corrected chi connectivity index (χ4v) is 1.78. The molecular formula is C11H10ClF2N5O. The molecule has 0 fully saturated rings. The van der Waals surface area contributed by atoms with Crippen molar-refractivity contribution in [2.45, 2.75) is 0 Å². The van der Waals surface area contributed by atoms with Crippen LogP contribution in [0.2, 0.25) is 5.02 Å². The molecule has 106 valence electrons. The van der Waals surface area contributed by atoms with Crippen molar-refractivity contribution in [2.24, 2.45) is 5.84 Å². The third-order valence-corrected chi connectivity index (χ3v) is 2.69. The molecule has 0 saturated carbocycles. The summed E-state index contributed by atoms with van der Waals surface area (Å²) in [7, 11) is 1.37. The van der Waals surface area contributed by atoms with Crippen molar-refractivity contribution >= 4 is 28.9 Å². The number of nitrogens with zero attached hydrogens (tertiary/aromatic N) is 2. The lowest BCUT2D eigenvalue weighted by molar-refractivity contribution is 0.415. The molecule has 0 radical (unpaired) electrons. The number of nitrogen functional groups attached to an aromatic ring is 1. The van der Waals surface area contributed by atoms with Crippen LogP contribution in [-0.4, -0.2) is 17.1 Å². The van der Waals surface area contributed by atoms with Crippen LogP contribution in [0.3, 0.4) is 0 Å². The van der Waals surface area contributed by atoms with Gasteiger partial charge in [0.2, 0.25) is 5.75 Å². The van der Waals surface area contributed by atoms with Gasteiger partial charge in [0.1, 0.15) is 12.1 Å². The normalized spacial score (nSPS) is 10.2. The van der Waals surface area contributed by atoms with Gasteiger partial charge in [-0.05, 0) is 6.07 Å². The Kier molecular flexibility index (Phi) is 4.16. The lowest BCUT2D eigenvalue weighted by Crippen LogP contribution is -2.12. The Morgan fingerprint density at radius 3 is 2.55 bits per heavy atom. The van der Waals surface area contributed by atoms with Crippen LogP contribution in [0.25, 0.3) is 0 Å². The van der Waals surface area contributed by atoms with Crippen LogP contribution in [0.4, 0.5) is 26.1 Å². The van der Waals surface area contributed by atoms with Gasteiger partial charge in [-0.3, -0.25) is 0 Å². The number of anilines is 3. The Bertz CT molecular complexity index is 617. The Hall–Kier alpha value is -2.19. The quantitative estimate of drug-likeness (QED) is 0.594. The zero-order valence-electron chi connectivity index (χ0n) is 10.2. The molecule has 0 unspecified atom stereocenters. The first-order chi connectivity index (χ1) is 9.56. The van der Waals surface area contributed by atoms with Crippen molar-refractivity contribution < 1.29 is 13.5 Å². The molecule has 0 aliphatic carbocycles. The van der Waals surface area contributed by atoms with Gasteiger partial charge < -0.3 is 15.5 Å². The number of hydrogen-bond donors (Lipinski definition) is 3. The van der Waals surface area contributed by atoms with E-state index in [-0.39, 0.29) is 28.1 Å². The van der Waals surface area contributed by atoms with E-state index < -0.39 is 11.6 Å². The van der Waals surface area contributed by atoms with Crippen LogP contribution < -0.4 is 21.3 Å². The highest BCUT2D eigenvalue weighted by Gasteiger charge is 2.16. The SMILES string of the molecule is COc1c(NN)ncnc1Nc1c(F)cc(F)cc1Cl. The van der Waals surface area contributed by atoms with Crippen LogP contribution in [0.5, 0.6) is 5.75 Å². The van der Waals surface area contributed by atoms with E-state index >= 15 is 0 Å². The molecule has 2 rings (SSSR count). The minimum Gasteiger partial charge on any atom is -0.490 e. The molecule has 0 amide bonds. The average Bonchev–Trinajstić information content (AvgIpc) is 2.42. The van der Waals surface area contributed by atoms with Gasteiger partial charge in [-0.15, -0.1) is 0 Å². The number of nitrogens with one attached hydrogen (secondary N) is 2. The lowest BCUT2D eigenvalue weighted by atomic mass is 10.3. The third-order valence-electron chi connectivity index (χ3n) is 2.39. The molecule has 0 bridgehead atoms.